The van der Waals surface area contributed by atoms with Crippen LogP contribution in [0.5, 0.6) is 5.75 Å². The molecule has 246 valence electrons. The van der Waals surface area contributed by atoms with E-state index in [-0.39, 0.29) is 36.1 Å². The summed E-state index contributed by atoms with van der Waals surface area (Å²) in [6.45, 7) is 0.532. The molecule has 0 bridgehead atoms. The molecule has 0 spiro atoms. The number of halogens is 3. The summed E-state index contributed by atoms with van der Waals surface area (Å²) in [5.74, 6) is -0.219. The number of benzene rings is 4. The van der Waals surface area contributed by atoms with E-state index in [9.17, 15) is 13.2 Å². The van der Waals surface area contributed by atoms with E-state index in [1.165, 1.54) is 12.1 Å². The Hall–Kier alpha value is -3.45. The van der Waals surface area contributed by atoms with E-state index in [1.807, 2.05) is 18.2 Å². The van der Waals surface area contributed by atoms with Gasteiger partial charge in [-0.3, -0.25) is 10.2 Å². The smallest absolute Gasteiger partial charge is 0.266 e. The number of rotatable bonds is 14. The molecule has 1 amide bonds. The average Bonchev–Trinajstić information content (AvgIpc) is 3.46. The molecule has 4 aromatic rings. The summed E-state index contributed by atoms with van der Waals surface area (Å²) in [6.07, 6.45) is -0.704. The molecule has 2 atom stereocenters. The van der Waals surface area contributed by atoms with Crippen molar-refractivity contribution in [2.24, 2.45) is 4.99 Å². The van der Waals surface area contributed by atoms with Gasteiger partial charge in [0.1, 0.15) is 5.75 Å². The van der Waals surface area contributed by atoms with E-state index in [4.69, 9.17) is 42.8 Å². The third kappa shape index (κ3) is 8.35. The Balaban J connectivity index is 1.52. The molecule has 0 unspecified atom stereocenters. The summed E-state index contributed by atoms with van der Waals surface area (Å²) in [5.41, 5.74) is 5.82. The van der Waals surface area contributed by atoms with Gasteiger partial charge < -0.3 is 14.6 Å². The third-order valence-electron chi connectivity index (χ3n) is 7.57. The number of hydrazine groups is 1. The highest BCUT2D eigenvalue weighted by molar-refractivity contribution is 9.10. The van der Waals surface area contributed by atoms with Crippen LogP contribution in [-0.2, 0) is 25.9 Å². The molecule has 0 saturated carbocycles. The average molecular weight is 762 g/mol. The normalized spacial score (nSPS) is 17.5. The molecular weight excluding hydrogens is 729 g/mol. The van der Waals surface area contributed by atoms with Gasteiger partial charge in [-0.2, -0.15) is 0 Å². The van der Waals surface area contributed by atoms with Crippen molar-refractivity contribution < 1.29 is 27.8 Å². The molecule has 1 aliphatic heterocycles. The minimum Gasteiger partial charge on any atom is -0.494 e. The second-order valence-corrected chi connectivity index (χ2v) is 14.5. The highest BCUT2D eigenvalue weighted by Gasteiger charge is 2.54. The number of aliphatic hydroxyl groups excluding tert-OH is 1. The van der Waals surface area contributed by atoms with Gasteiger partial charge in [0, 0.05) is 51.6 Å². The monoisotopic (exact) mass is 759 g/mol. The molecule has 1 heterocycles. The zero-order valence-corrected chi connectivity index (χ0v) is 28.9. The lowest BCUT2D eigenvalue weighted by Gasteiger charge is -2.31. The van der Waals surface area contributed by atoms with Crippen LogP contribution in [0.4, 0.5) is 0 Å². The highest BCUT2D eigenvalue weighted by Crippen LogP contribution is 2.45. The number of sulfone groups is 1. The van der Waals surface area contributed by atoms with E-state index >= 15 is 0 Å². The van der Waals surface area contributed by atoms with Crippen molar-refractivity contribution in [1.29, 1.82) is 0 Å². The fourth-order valence-corrected chi connectivity index (χ4v) is 7.42. The second-order valence-electron chi connectivity index (χ2n) is 10.7. The Kier molecular flexibility index (Phi) is 11.6. The van der Waals surface area contributed by atoms with Crippen molar-refractivity contribution in [3.8, 4) is 5.75 Å². The molecule has 1 aliphatic rings. The van der Waals surface area contributed by atoms with Crippen molar-refractivity contribution in [2.45, 2.75) is 35.9 Å². The summed E-state index contributed by atoms with van der Waals surface area (Å²) in [5, 5.41) is 9.95. The van der Waals surface area contributed by atoms with Crippen molar-refractivity contribution in [1.82, 2.24) is 10.9 Å². The Morgan fingerprint density at radius 1 is 1.00 bits per heavy atom. The summed E-state index contributed by atoms with van der Waals surface area (Å²) in [7, 11) is -3.81. The van der Waals surface area contributed by atoms with Crippen LogP contribution >= 0.6 is 39.1 Å². The van der Waals surface area contributed by atoms with Crippen LogP contribution in [0.2, 0.25) is 10.0 Å². The SMILES string of the molecule is O=C(NNCc1ccc(Cl)cc1Cl)[C@@]1(CCS(=O)(=O)c2ccccc2)N=C(c2ccc(OCCCO)cc2)O[C@H]1c1ccccc1Br. The van der Waals surface area contributed by atoms with Crippen molar-refractivity contribution >= 4 is 60.8 Å². The largest absolute Gasteiger partial charge is 0.494 e. The fourth-order valence-electron chi connectivity index (χ4n) is 5.06. The number of hydrogen-bond donors (Lipinski definition) is 3. The van der Waals surface area contributed by atoms with Crippen LogP contribution in [0.1, 0.15) is 35.6 Å². The molecule has 0 aromatic heterocycles. The lowest BCUT2D eigenvalue weighted by Crippen LogP contribution is -2.53. The quantitative estimate of drug-likeness (QED) is 0.0996. The van der Waals surface area contributed by atoms with Crippen LogP contribution in [0, 0.1) is 0 Å². The Bertz CT molecular complexity index is 1840. The van der Waals surface area contributed by atoms with E-state index in [0.29, 0.717) is 50.0 Å². The first-order chi connectivity index (χ1) is 22.6. The van der Waals surface area contributed by atoms with Gasteiger partial charge in [-0.15, -0.1) is 0 Å². The Morgan fingerprint density at radius 3 is 2.43 bits per heavy atom. The summed E-state index contributed by atoms with van der Waals surface area (Å²) in [4.78, 5) is 19.4. The number of nitrogens with one attached hydrogen (secondary N) is 2. The number of ether oxygens (including phenoxy) is 2. The van der Waals surface area contributed by atoms with E-state index in [2.05, 4.69) is 26.8 Å². The molecule has 4 aromatic carbocycles. The standard InChI is InChI=1S/C34H32BrCl2N3O6S/c35-29-10-5-4-9-28(29)31-34(17-20-47(43,44)27-7-2-1-3-8-27,33(42)40-38-22-24-11-14-25(36)21-30(24)37)39-32(46-31)23-12-15-26(16-13-23)45-19-6-18-41/h1-5,7-16,21,31,38,41H,6,17-20,22H2,(H,40,42)/t31-,34-/m0/s1. The number of carbonyl (C=O) groups is 1. The van der Waals surface area contributed by atoms with Crippen LogP contribution in [0.15, 0.2) is 111 Å². The number of aliphatic imine (C=N–C) groups is 1. The van der Waals surface area contributed by atoms with Gasteiger partial charge in [0.2, 0.25) is 5.90 Å². The van der Waals surface area contributed by atoms with Crippen LogP contribution in [0.3, 0.4) is 0 Å². The maximum Gasteiger partial charge on any atom is 0.266 e. The maximum absolute atomic E-state index is 14.4. The van der Waals surface area contributed by atoms with Gasteiger partial charge in [-0.05, 0) is 60.2 Å². The predicted molar refractivity (Wildman–Crippen MR) is 185 cm³/mol. The Morgan fingerprint density at radius 2 is 1.72 bits per heavy atom. The highest BCUT2D eigenvalue weighted by atomic mass is 79.9. The van der Waals surface area contributed by atoms with Gasteiger partial charge in [-0.25, -0.2) is 18.8 Å². The summed E-state index contributed by atoms with van der Waals surface area (Å²) < 4.78 is 39.9. The summed E-state index contributed by atoms with van der Waals surface area (Å²) >= 11 is 16.0. The van der Waals surface area contributed by atoms with Crippen molar-refractivity contribution in [3.05, 3.63) is 128 Å². The second kappa shape index (κ2) is 15.6. The number of amides is 1. The minimum absolute atomic E-state index is 0.0187. The van der Waals surface area contributed by atoms with E-state index in [1.54, 1.807) is 66.7 Å². The molecule has 5 rings (SSSR count). The molecule has 13 heteroatoms. The number of hydrogen-bond acceptors (Lipinski definition) is 8. The van der Waals surface area contributed by atoms with Gasteiger partial charge >= 0.3 is 0 Å². The molecule has 0 saturated heterocycles. The maximum atomic E-state index is 14.4. The molecule has 9 nitrogen and oxygen atoms in total. The zero-order chi connectivity index (χ0) is 33.4. The van der Waals surface area contributed by atoms with Crippen LogP contribution in [-0.4, -0.2) is 49.8 Å². The molecule has 0 fully saturated rings. The molecule has 3 N–H and O–H groups in total. The first-order valence-corrected chi connectivity index (χ1v) is 17.9. The molecule has 47 heavy (non-hydrogen) atoms. The van der Waals surface area contributed by atoms with Crippen LogP contribution < -0.4 is 15.6 Å². The topological polar surface area (TPSA) is 126 Å². The van der Waals surface area contributed by atoms with E-state index in [0.717, 1.165) is 0 Å². The molecule has 0 aliphatic carbocycles. The number of carbonyl (C=O) groups excluding carboxylic acids is 1. The Labute approximate surface area is 291 Å². The molecular formula is C34H32BrCl2N3O6S. The number of nitrogens with zero attached hydrogens (tertiary/aromatic N) is 1. The lowest BCUT2D eigenvalue weighted by atomic mass is 9.85. The van der Waals surface area contributed by atoms with E-state index < -0.39 is 27.4 Å². The molecule has 0 radical (unpaired) electrons. The minimum atomic E-state index is -3.81. The zero-order valence-electron chi connectivity index (χ0n) is 25.0. The third-order valence-corrected chi connectivity index (χ3v) is 10.6. The van der Waals surface area contributed by atoms with Gasteiger partial charge in [-0.1, -0.05) is 81.6 Å². The first kappa shape index (κ1) is 34.9. The summed E-state index contributed by atoms with van der Waals surface area (Å²) in [6, 6.07) is 27.4. The van der Waals surface area contributed by atoms with Gasteiger partial charge in [0.25, 0.3) is 5.91 Å². The van der Waals surface area contributed by atoms with Crippen molar-refractivity contribution in [3.63, 3.8) is 0 Å². The van der Waals surface area contributed by atoms with Crippen LogP contribution in [0.25, 0.3) is 0 Å². The predicted octanol–water partition coefficient (Wildman–Crippen LogP) is 6.46. The number of aliphatic hydroxyl groups is 1. The lowest BCUT2D eigenvalue weighted by molar-refractivity contribution is -0.130. The first-order valence-electron chi connectivity index (χ1n) is 14.7. The van der Waals surface area contributed by atoms with Gasteiger partial charge in [0.15, 0.2) is 21.5 Å². The van der Waals surface area contributed by atoms with Crippen molar-refractivity contribution in [2.75, 3.05) is 19.0 Å². The van der Waals surface area contributed by atoms with Gasteiger partial charge in [0.05, 0.1) is 17.3 Å². The fraction of sp³-hybridized carbons (Fsp3) is 0.235.